The van der Waals surface area contributed by atoms with Gasteiger partial charge >= 0.3 is 5.97 Å². The average Bonchev–Trinajstić information content (AvgIpc) is 2.87. The van der Waals surface area contributed by atoms with Crippen LogP contribution in [0.5, 0.6) is 0 Å². The van der Waals surface area contributed by atoms with Crippen LogP contribution in [0.15, 0.2) is 4.42 Å². The molecule has 1 saturated heterocycles. The molecule has 0 unspecified atom stereocenters. The van der Waals surface area contributed by atoms with E-state index in [4.69, 9.17) is 4.42 Å². The molecule has 2 heterocycles. The van der Waals surface area contributed by atoms with E-state index < -0.39 is 11.4 Å². The summed E-state index contributed by atoms with van der Waals surface area (Å²) < 4.78 is 5.48. The van der Waals surface area contributed by atoms with E-state index in [1.54, 1.807) is 0 Å². The molecule has 0 aliphatic carbocycles. The molecule has 106 valence electrons. The number of rotatable bonds is 5. The average molecular weight is 267 g/mol. The summed E-state index contributed by atoms with van der Waals surface area (Å²) >= 11 is 0. The summed E-state index contributed by atoms with van der Waals surface area (Å²) in [5.74, 6) is 0.609. The number of carbonyl (C=O) groups is 1. The zero-order valence-corrected chi connectivity index (χ0v) is 11.6. The van der Waals surface area contributed by atoms with Gasteiger partial charge in [0.1, 0.15) is 0 Å². The molecule has 1 aliphatic rings. The zero-order valence-electron chi connectivity index (χ0n) is 11.6. The largest absolute Gasteiger partial charge is 0.481 e. The minimum absolute atomic E-state index is 0.542. The lowest BCUT2D eigenvalue weighted by molar-refractivity contribution is -0.152. The first-order valence-corrected chi connectivity index (χ1v) is 6.86. The Morgan fingerprint density at radius 3 is 2.42 bits per heavy atom. The molecule has 0 amide bonds. The number of carboxylic acids is 1. The normalized spacial score (nSPS) is 19.5. The molecule has 0 radical (unpaired) electrons. The molecule has 1 aromatic rings. The topological polar surface area (TPSA) is 79.5 Å². The minimum Gasteiger partial charge on any atom is -0.481 e. The Bertz CT molecular complexity index is 436. The first kappa shape index (κ1) is 14.0. The Hall–Kier alpha value is -1.43. The second kappa shape index (κ2) is 5.69. The zero-order chi connectivity index (χ0) is 13.9. The van der Waals surface area contributed by atoms with Crippen molar-refractivity contribution < 1.29 is 14.3 Å². The molecule has 0 aromatic carbocycles. The number of carboxylic acid groups (broad SMARTS) is 1. The summed E-state index contributed by atoms with van der Waals surface area (Å²) in [6, 6.07) is 0. The lowest BCUT2D eigenvalue weighted by Crippen LogP contribution is -2.43. The highest BCUT2D eigenvalue weighted by Crippen LogP contribution is 2.35. The molecule has 19 heavy (non-hydrogen) atoms. The summed E-state index contributed by atoms with van der Waals surface area (Å²) in [4.78, 5) is 13.5. The number of nitrogens with zero attached hydrogens (tertiary/aromatic N) is 3. The second-order valence-corrected chi connectivity index (χ2v) is 5.16. The number of aromatic nitrogens is 2. The van der Waals surface area contributed by atoms with Gasteiger partial charge in [0.2, 0.25) is 11.8 Å². The molecule has 6 nitrogen and oxygen atoms in total. The van der Waals surface area contributed by atoms with Gasteiger partial charge in [-0.15, -0.1) is 10.2 Å². The Kier molecular flexibility index (Phi) is 4.19. The molecular formula is C13H21N3O3. The van der Waals surface area contributed by atoms with E-state index in [0.717, 1.165) is 19.5 Å². The van der Waals surface area contributed by atoms with Crippen molar-refractivity contribution in [2.45, 2.75) is 46.1 Å². The maximum Gasteiger partial charge on any atom is 0.309 e. The highest BCUT2D eigenvalue weighted by Gasteiger charge is 2.39. The minimum atomic E-state index is -0.666. The maximum atomic E-state index is 11.4. The predicted octanol–water partition coefficient (Wildman–Crippen LogP) is 1.71. The maximum absolute atomic E-state index is 11.4. The van der Waals surface area contributed by atoms with Crippen molar-refractivity contribution in [1.29, 1.82) is 0 Å². The molecule has 6 heteroatoms. The lowest BCUT2D eigenvalue weighted by Gasteiger charge is -2.37. The summed E-state index contributed by atoms with van der Waals surface area (Å²) in [6.45, 7) is 6.08. The van der Waals surface area contributed by atoms with Crippen LogP contribution in [0.1, 0.15) is 44.9 Å². The van der Waals surface area contributed by atoms with E-state index in [2.05, 4.69) is 15.1 Å². The van der Waals surface area contributed by atoms with Gasteiger partial charge in [-0.25, -0.2) is 0 Å². The van der Waals surface area contributed by atoms with Crippen LogP contribution < -0.4 is 0 Å². The van der Waals surface area contributed by atoms with Gasteiger partial charge in [-0.1, -0.05) is 13.8 Å². The van der Waals surface area contributed by atoms with Crippen molar-refractivity contribution in [2.75, 3.05) is 13.1 Å². The third kappa shape index (κ3) is 2.94. The predicted molar refractivity (Wildman–Crippen MR) is 68.5 cm³/mol. The summed E-state index contributed by atoms with van der Waals surface area (Å²) in [5, 5.41) is 17.3. The molecule has 0 atom stereocenters. The van der Waals surface area contributed by atoms with Crippen LogP contribution >= 0.6 is 0 Å². The summed E-state index contributed by atoms with van der Waals surface area (Å²) in [6.07, 6.45) is 2.81. The van der Waals surface area contributed by atoms with Gasteiger partial charge < -0.3 is 9.52 Å². The van der Waals surface area contributed by atoms with Gasteiger partial charge in [0, 0.05) is 6.42 Å². The van der Waals surface area contributed by atoms with Crippen molar-refractivity contribution >= 4 is 5.97 Å². The van der Waals surface area contributed by atoms with Crippen molar-refractivity contribution in [3.8, 4) is 0 Å². The number of hydrogen-bond acceptors (Lipinski definition) is 5. The van der Waals surface area contributed by atoms with Crippen LogP contribution in [0.25, 0.3) is 0 Å². The van der Waals surface area contributed by atoms with E-state index in [1.165, 1.54) is 0 Å². The Balaban J connectivity index is 1.91. The molecule has 1 N–H and O–H groups in total. The van der Waals surface area contributed by atoms with E-state index in [-0.39, 0.29) is 0 Å². The van der Waals surface area contributed by atoms with Gasteiger partial charge in [0.15, 0.2) is 0 Å². The fourth-order valence-corrected chi connectivity index (χ4v) is 2.54. The second-order valence-electron chi connectivity index (χ2n) is 5.16. The Morgan fingerprint density at radius 2 is 1.95 bits per heavy atom. The number of hydrogen-bond donors (Lipinski definition) is 1. The fourth-order valence-electron chi connectivity index (χ4n) is 2.54. The van der Waals surface area contributed by atoms with Gasteiger partial charge in [-0.2, -0.15) is 0 Å². The Labute approximate surface area is 112 Å². The van der Waals surface area contributed by atoms with Crippen molar-refractivity contribution in [3.05, 3.63) is 11.8 Å². The van der Waals surface area contributed by atoms with Crippen molar-refractivity contribution in [3.63, 3.8) is 0 Å². The molecular weight excluding hydrogens is 246 g/mol. The van der Waals surface area contributed by atoms with E-state index >= 15 is 0 Å². The first-order valence-electron chi connectivity index (χ1n) is 6.86. The van der Waals surface area contributed by atoms with Gasteiger partial charge in [-0.3, -0.25) is 9.69 Å². The van der Waals surface area contributed by atoms with Crippen LogP contribution in [0.3, 0.4) is 0 Å². The molecule has 0 saturated carbocycles. The van der Waals surface area contributed by atoms with Crippen LogP contribution in [-0.4, -0.2) is 39.3 Å². The first-order chi connectivity index (χ1) is 9.09. The standard InChI is InChI=1S/C13H21N3O3/c1-3-10-14-15-11(19-10)9-16-7-5-13(4-2,6-8-16)12(17)18/h3-9H2,1-2H3,(H,17,18). The highest BCUT2D eigenvalue weighted by molar-refractivity contribution is 5.74. The van der Waals surface area contributed by atoms with E-state index in [1.807, 2.05) is 13.8 Å². The quantitative estimate of drug-likeness (QED) is 0.874. The number of piperidine rings is 1. The van der Waals surface area contributed by atoms with E-state index in [9.17, 15) is 9.90 Å². The summed E-state index contributed by atoms with van der Waals surface area (Å²) in [7, 11) is 0. The molecule has 2 rings (SSSR count). The molecule has 0 bridgehead atoms. The third-order valence-electron chi connectivity index (χ3n) is 4.11. The van der Waals surface area contributed by atoms with Crippen molar-refractivity contribution in [2.24, 2.45) is 5.41 Å². The monoisotopic (exact) mass is 267 g/mol. The molecule has 1 aromatic heterocycles. The van der Waals surface area contributed by atoms with Crippen LogP contribution in [0.2, 0.25) is 0 Å². The van der Waals surface area contributed by atoms with Gasteiger partial charge in [0.25, 0.3) is 0 Å². The van der Waals surface area contributed by atoms with Crippen LogP contribution in [0.4, 0.5) is 0 Å². The van der Waals surface area contributed by atoms with Gasteiger partial charge in [0.05, 0.1) is 12.0 Å². The molecule has 0 spiro atoms. The highest BCUT2D eigenvalue weighted by atomic mass is 16.4. The molecule has 1 fully saturated rings. The smallest absolute Gasteiger partial charge is 0.309 e. The number of aliphatic carboxylic acids is 1. The lowest BCUT2D eigenvalue weighted by atomic mass is 9.76. The Morgan fingerprint density at radius 1 is 1.32 bits per heavy atom. The van der Waals surface area contributed by atoms with E-state index in [0.29, 0.717) is 37.6 Å². The summed E-state index contributed by atoms with van der Waals surface area (Å²) in [5.41, 5.74) is -0.542. The van der Waals surface area contributed by atoms with Crippen LogP contribution in [-0.2, 0) is 17.8 Å². The third-order valence-corrected chi connectivity index (χ3v) is 4.11. The molecule has 1 aliphatic heterocycles. The van der Waals surface area contributed by atoms with Gasteiger partial charge in [-0.05, 0) is 32.4 Å². The van der Waals surface area contributed by atoms with Crippen LogP contribution in [0, 0.1) is 5.41 Å². The number of likely N-dealkylation sites (tertiary alicyclic amines) is 1. The van der Waals surface area contributed by atoms with Crippen molar-refractivity contribution in [1.82, 2.24) is 15.1 Å². The fraction of sp³-hybridized carbons (Fsp3) is 0.769. The SMILES string of the molecule is CCc1nnc(CN2CCC(CC)(C(=O)O)CC2)o1. The number of aryl methyl sites for hydroxylation is 1.